The zero-order valence-corrected chi connectivity index (χ0v) is 11.8. The van der Waals surface area contributed by atoms with Crippen molar-refractivity contribution < 1.29 is 8.78 Å². The van der Waals surface area contributed by atoms with Crippen LogP contribution in [0.25, 0.3) is 5.65 Å². The Labute approximate surface area is 124 Å². The van der Waals surface area contributed by atoms with Gasteiger partial charge in [-0.2, -0.15) is 0 Å². The number of aryl methyl sites for hydroxylation is 1. The maximum atomic E-state index is 14.0. The molecule has 0 saturated heterocycles. The highest BCUT2D eigenvalue weighted by molar-refractivity contribution is 5.93. The molecule has 1 aromatic carbocycles. The number of aromatic nitrogens is 3. The second kappa shape index (κ2) is 5.18. The minimum absolute atomic E-state index is 0.0602. The van der Waals surface area contributed by atoms with Gasteiger partial charge in [0, 0.05) is 25.0 Å². The zero-order valence-electron chi connectivity index (χ0n) is 11.8. The van der Waals surface area contributed by atoms with E-state index in [4.69, 9.17) is 11.1 Å². The summed E-state index contributed by atoms with van der Waals surface area (Å²) in [5.74, 6) is -1.18. The highest BCUT2D eigenvalue weighted by Crippen LogP contribution is 2.19. The summed E-state index contributed by atoms with van der Waals surface area (Å²) in [6.07, 6.45) is 4.88. The van der Waals surface area contributed by atoms with Gasteiger partial charge in [0.2, 0.25) is 0 Å². The Balaban J connectivity index is 2.12. The number of hydrogen-bond acceptors (Lipinski definition) is 3. The van der Waals surface area contributed by atoms with E-state index in [9.17, 15) is 8.78 Å². The quantitative estimate of drug-likeness (QED) is 0.575. The SMILES string of the molecule is Cc1cc(F)c(Cc2nc(C(=N)N)cn3ccnc23)cc1F. The maximum Gasteiger partial charge on any atom is 0.158 e. The molecule has 2 heterocycles. The van der Waals surface area contributed by atoms with E-state index in [-0.39, 0.29) is 29.1 Å². The molecule has 22 heavy (non-hydrogen) atoms. The Morgan fingerprint density at radius 3 is 2.82 bits per heavy atom. The van der Waals surface area contributed by atoms with E-state index in [2.05, 4.69) is 9.97 Å². The van der Waals surface area contributed by atoms with Gasteiger partial charge in [0.05, 0.1) is 5.69 Å². The molecule has 112 valence electrons. The normalized spacial score (nSPS) is 11.0. The molecule has 0 aliphatic heterocycles. The largest absolute Gasteiger partial charge is 0.382 e. The van der Waals surface area contributed by atoms with E-state index >= 15 is 0 Å². The van der Waals surface area contributed by atoms with Crippen molar-refractivity contribution in [3.8, 4) is 0 Å². The summed E-state index contributed by atoms with van der Waals surface area (Å²) in [5.41, 5.74) is 7.10. The highest BCUT2D eigenvalue weighted by Gasteiger charge is 2.14. The Morgan fingerprint density at radius 2 is 2.09 bits per heavy atom. The van der Waals surface area contributed by atoms with Gasteiger partial charge >= 0.3 is 0 Å². The van der Waals surface area contributed by atoms with Crippen LogP contribution in [-0.2, 0) is 6.42 Å². The molecule has 0 aliphatic carbocycles. The van der Waals surface area contributed by atoms with Crippen molar-refractivity contribution in [2.45, 2.75) is 13.3 Å². The number of halogens is 2. The van der Waals surface area contributed by atoms with E-state index in [1.807, 2.05) is 0 Å². The summed E-state index contributed by atoms with van der Waals surface area (Å²) >= 11 is 0. The summed E-state index contributed by atoms with van der Waals surface area (Å²) in [5, 5.41) is 7.49. The molecular formula is C15H13F2N5. The van der Waals surface area contributed by atoms with Crippen LogP contribution in [0.3, 0.4) is 0 Å². The third kappa shape index (κ3) is 2.41. The lowest BCUT2D eigenvalue weighted by Gasteiger charge is -2.08. The molecule has 0 aliphatic rings. The number of imidazole rings is 1. The minimum Gasteiger partial charge on any atom is -0.382 e. The fraction of sp³-hybridized carbons (Fsp3) is 0.133. The summed E-state index contributed by atoms with van der Waals surface area (Å²) < 4.78 is 29.3. The molecule has 0 bridgehead atoms. The van der Waals surface area contributed by atoms with Crippen LogP contribution < -0.4 is 5.73 Å². The van der Waals surface area contributed by atoms with Gasteiger partial charge in [0.1, 0.15) is 23.2 Å². The van der Waals surface area contributed by atoms with Gasteiger partial charge in [-0.3, -0.25) is 5.41 Å². The molecule has 3 N–H and O–H groups in total. The van der Waals surface area contributed by atoms with Gasteiger partial charge in [-0.05, 0) is 30.2 Å². The molecule has 2 aromatic heterocycles. The molecule has 7 heteroatoms. The van der Waals surface area contributed by atoms with Crippen LogP contribution in [0.2, 0.25) is 0 Å². The van der Waals surface area contributed by atoms with Crippen LogP contribution in [0.1, 0.15) is 22.5 Å². The fourth-order valence-electron chi connectivity index (χ4n) is 2.25. The number of hydrogen-bond donors (Lipinski definition) is 2. The van der Waals surface area contributed by atoms with E-state index in [0.717, 1.165) is 12.1 Å². The number of rotatable bonds is 3. The Hall–Kier alpha value is -2.83. The Bertz CT molecular complexity index is 885. The second-order valence-corrected chi connectivity index (χ2v) is 5.01. The summed E-state index contributed by atoms with van der Waals surface area (Å²) in [7, 11) is 0. The molecule has 0 amide bonds. The molecule has 0 radical (unpaired) electrons. The molecule has 0 spiro atoms. The van der Waals surface area contributed by atoms with E-state index in [0.29, 0.717) is 11.3 Å². The third-order valence-corrected chi connectivity index (χ3v) is 3.41. The molecule has 0 saturated carbocycles. The fourth-order valence-corrected chi connectivity index (χ4v) is 2.25. The zero-order chi connectivity index (χ0) is 15.9. The van der Waals surface area contributed by atoms with E-state index < -0.39 is 11.6 Å². The van der Waals surface area contributed by atoms with Crippen molar-refractivity contribution in [2.75, 3.05) is 0 Å². The van der Waals surface area contributed by atoms with Gasteiger partial charge in [-0.1, -0.05) is 0 Å². The number of nitrogen functional groups attached to an aromatic ring is 1. The number of benzene rings is 1. The van der Waals surface area contributed by atoms with Gasteiger partial charge in [0.25, 0.3) is 0 Å². The first kappa shape index (κ1) is 14.1. The average Bonchev–Trinajstić information content (AvgIpc) is 2.93. The summed E-state index contributed by atoms with van der Waals surface area (Å²) in [6.45, 7) is 1.50. The van der Waals surface area contributed by atoms with Gasteiger partial charge < -0.3 is 10.1 Å². The minimum atomic E-state index is -0.501. The van der Waals surface area contributed by atoms with Crippen molar-refractivity contribution in [2.24, 2.45) is 5.73 Å². The summed E-state index contributed by atoms with van der Waals surface area (Å²) in [4.78, 5) is 8.40. The second-order valence-electron chi connectivity index (χ2n) is 5.01. The van der Waals surface area contributed by atoms with Crippen LogP contribution in [0.5, 0.6) is 0 Å². The first-order valence-corrected chi connectivity index (χ1v) is 6.57. The molecule has 0 fully saturated rings. The van der Waals surface area contributed by atoms with Gasteiger partial charge in [-0.25, -0.2) is 18.7 Å². The van der Waals surface area contributed by atoms with Gasteiger partial charge in [-0.15, -0.1) is 0 Å². The standard InChI is InChI=1S/C15H13F2N5/c1-8-4-11(17)9(5-10(8)16)6-12-15-20-2-3-22(15)7-13(21-12)14(18)19/h2-5,7H,6H2,1H3,(H3,18,19). The average molecular weight is 301 g/mol. The van der Waals surface area contributed by atoms with Gasteiger partial charge in [0.15, 0.2) is 5.65 Å². The van der Waals surface area contributed by atoms with Crippen molar-refractivity contribution in [3.05, 3.63) is 64.9 Å². The molecule has 0 unspecified atom stereocenters. The predicted octanol–water partition coefficient (Wildman–Crippen LogP) is 2.19. The lowest BCUT2D eigenvalue weighted by Crippen LogP contribution is -2.16. The molecular weight excluding hydrogens is 288 g/mol. The predicted molar refractivity (Wildman–Crippen MR) is 77.9 cm³/mol. The molecule has 0 atom stereocenters. The molecule has 5 nitrogen and oxygen atoms in total. The topological polar surface area (TPSA) is 80.1 Å². The Kier molecular flexibility index (Phi) is 3.32. The third-order valence-electron chi connectivity index (χ3n) is 3.41. The van der Waals surface area contributed by atoms with Crippen LogP contribution in [-0.4, -0.2) is 20.2 Å². The molecule has 3 rings (SSSR count). The van der Waals surface area contributed by atoms with Crippen molar-refractivity contribution in [1.29, 1.82) is 5.41 Å². The maximum absolute atomic E-state index is 14.0. The van der Waals surface area contributed by atoms with Crippen LogP contribution in [0, 0.1) is 24.0 Å². The van der Waals surface area contributed by atoms with Crippen LogP contribution in [0.4, 0.5) is 8.78 Å². The van der Waals surface area contributed by atoms with Crippen LogP contribution in [0.15, 0.2) is 30.7 Å². The first-order valence-electron chi connectivity index (χ1n) is 6.57. The van der Waals surface area contributed by atoms with E-state index in [1.165, 1.54) is 6.92 Å². The van der Waals surface area contributed by atoms with Crippen molar-refractivity contribution in [1.82, 2.24) is 14.4 Å². The monoisotopic (exact) mass is 301 g/mol. The highest BCUT2D eigenvalue weighted by atomic mass is 19.1. The number of nitrogens with two attached hydrogens (primary N) is 1. The smallest absolute Gasteiger partial charge is 0.158 e. The van der Waals surface area contributed by atoms with E-state index in [1.54, 1.807) is 23.0 Å². The lowest BCUT2D eigenvalue weighted by molar-refractivity contribution is 0.581. The molecule has 3 aromatic rings. The van der Waals surface area contributed by atoms with Crippen LogP contribution >= 0.6 is 0 Å². The Morgan fingerprint density at radius 1 is 1.32 bits per heavy atom. The number of amidine groups is 1. The number of fused-ring (bicyclic) bond motifs is 1. The summed E-state index contributed by atoms with van der Waals surface area (Å²) in [6, 6.07) is 2.31. The van der Waals surface area contributed by atoms with Crippen molar-refractivity contribution >= 4 is 11.5 Å². The first-order chi connectivity index (χ1) is 10.5. The lowest BCUT2D eigenvalue weighted by atomic mass is 10.1. The number of nitrogens with zero attached hydrogens (tertiary/aromatic N) is 3. The van der Waals surface area contributed by atoms with Crippen molar-refractivity contribution in [3.63, 3.8) is 0 Å². The number of nitrogens with one attached hydrogen (secondary N) is 1.